The molecule has 2 aromatic carbocycles. The van der Waals surface area contributed by atoms with Crippen molar-refractivity contribution in [2.45, 2.75) is 57.3 Å². The van der Waals surface area contributed by atoms with Crippen LogP contribution in [0.2, 0.25) is 10.0 Å². The second-order valence-corrected chi connectivity index (χ2v) is 8.93. The van der Waals surface area contributed by atoms with E-state index in [1.165, 1.54) is 0 Å². The molecule has 1 heterocycles. The number of ether oxygens (including phenoxy) is 2. The van der Waals surface area contributed by atoms with Gasteiger partial charge >= 0.3 is 0 Å². The molecule has 2 aromatic rings. The van der Waals surface area contributed by atoms with Gasteiger partial charge in [0.05, 0.1) is 11.6 Å². The van der Waals surface area contributed by atoms with Gasteiger partial charge in [0, 0.05) is 16.5 Å². The standard InChI is InChI=1S/C22H25Cl2NO4/c1-22(2,3)29-18(26)12-17-21(27)25-19(13-7-9-15(23)10-8-13)20(28-17)14-5-4-6-16(24)11-14/h4-11,17-20,26H,12H2,1-3H3,(H,25,27)/t17?,18?,19?,20-/m0/s1. The molecule has 0 radical (unpaired) electrons. The van der Waals surface area contributed by atoms with E-state index in [1.54, 1.807) is 18.2 Å². The summed E-state index contributed by atoms with van der Waals surface area (Å²) in [4.78, 5) is 12.7. The van der Waals surface area contributed by atoms with Crippen molar-refractivity contribution in [1.29, 1.82) is 0 Å². The minimum absolute atomic E-state index is 0.0213. The summed E-state index contributed by atoms with van der Waals surface area (Å²) in [5, 5.41) is 14.5. The van der Waals surface area contributed by atoms with E-state index in [4.69, 9.17) is 32.7 Å². The highest BCUT2D eigenvalue weighted by Crippen LogP contribution is 2.38. The molecule has 156 valence electrons. The SMILES string of the molecule is CC(C)(C)OC(O)CC1O[C@@H](c2cccc(Cl)c2)C(c2ccc(Cl)cc2)NC1=O. The third kappa shape index (κ3) is 5.93. The van der Waals surface area contributed by atoms with Gasteiger partial charge in [-0.25, -0.2) is 0 Å². The maximum atomic E-state index is 12.7. The van der Waals surface area contributed by atoms with Gasteiger partial charge in [0.25, 0.3) is 0 Å². The van der Waals surface area contributed by atoms with Crippen LogP contribution in [0, 0.1) is 0 Å². The minimum Gasteiger partial charge on any atom is -0.368 e. The lowest BCUT2D eigenvalue weighted by Gasteiger charge is -2.38. The maximum Gasteiger partial charge on any atom is 0.249 e. The van der Waals surface area contributed by atoms with Gasteiger partial charge in [0.1, 0.15) is 12.2 Å². The summed E-state index contributed by atoms with van der Waals surface area (Å²) in [6, 6.07) is 14.1. The predicted octanol–water partition coefficient (Wildman–Crippen LogP) is 4.81. The number of amides is 1. The number of nitrogens with one attached hydrogen (secondary N) is 1. The summed E-state index contributed by atoms with van der Waals surface area (Å²) in [6.07, 6.45) is -2.45. The summed E-state index contributed by atoms with van der Waals surface area (Å²) in [7, 11) is 0. The number of aliphatic hydroxyl groups is 1. The largest absolute Gasteiger partial charge is 0.368 e. The molecule has 0 spiro atoms. The van der Waals surface area contributed by atoms with Gasteiger partial charge in [-0.05, 0) is 56.2 Å². The summed E-state index contributed by atoms with van der Waals surface area (Å²) in [5.41, 5.74) is 1.15. The lowest BCUT2D eigenvalue weighted by atomic mass is 9.93. The van der Waals surface area contributed by atoms with Crippen LogP contribution in [-0.2, 0) is 14.3 Å². The number of carbonyl (C=O) groups excluding carboxylic acids is 1. The van der Waals surface area contributed by atoms with Crippen LogP contribution in [0.25, 0.3) is 0 Å². The highest BCUT2D eigenvalue weighted by molar-refractivity contribution is 6.30. The topological polar surface area (TPSA) is 67.8 Å². The number of hydrogen-bond acceptors (Lipinski definition) is 4. The summed E-state index contributed by atoms with van der Waals surface area (Å²) in [5.74, 6) is -0.306. The fourth-order valence-electron chi connectivity index (χ4n) is 3.32. The quantitative estimate of drug-likeness (QED) is 0.658. The molecule has 0 aliphatic carbocycles. The first-order valence-electron chi connectivity index (χ1n) is 9.45. The Bertz CT molecular complexity index is 851. The first kappa shape index (κ1) is 22.1. The second-order valence-electron chi connectivity index (χ2n) is 8.06. The van der Waals surface area contributed by atoms with Crippen molar-refractivity contribution < 1.29 is 19.4 Å². The number of aliphatic hydroxyl groups excluding tert-OH is 1. The van der Waals surface area contributed by atoms with Crippen molar-refractivity contribution in [3.8, 4) is 0 Å². The summed E-state index contributed by atoms with van der Waals surface area (Å²) >= 11 is 12.2. The predicted molar refractivity (Wildman–Crippen MR) is 113 cm³/mol. The maximum absolute atomic E-state index is 12.7. The molecular weight excluding hydrogens is 413 g/mol. The van der Waals surface area contributed by atoms with Crippen LogP contribution in [-0.4, -0.2) is 29.0 Å². The molecular formula is C22H25Cl2NO4. The summed E-state index contributed by atoms with van der Waals surface area (Å²) < 4.78 is 11.7. The molecule has 2 N–H and O–H groups in total. The van der Waals surface area contributed by atoms with Gasteiger partial charge < -0.3 is 19.9 Å². The normalized spacial score (nSPS) is 23.5. The molecule has 1 saturated heterocycles. The van der Waals surface area contributed by atoms with E-state index < -0.39 is 30.1 Å². The third-order valence-corrected chi connectivity index (χ3v) is 5.00. The van der Waals surface area contributed by atoms with Gasteiger partial charge in [0.15, 0.2) is 6.29 Å². The number of halogens is 2. The third-order valence-electron chi connectivity index (χ3n) is 4.52. The number of rotatable bonds is 5. The van der Waals surface area contributed by atoms with E-state index in [0.717, 1.165) is 11.1 Å². The van der Waals surface area contributed by atoms with Crippen molar-refractivity contribution >= 4 is 29.1 Å². The molecule has 1 fully saturated rings. The lowest BCUT2D eigenvalue weighted by molar-refractivity contribution is -0.195. The Hall–Kier alpha value is -1.63. The van der Waals surface area contributed by atoms with E-state index in [0.29, 0.717) is 10.0 Å². The molecule has 3 rings (SSSR count). The zero-order valence-corrected chi connectivity index (χ0v) is 18.1. The average molecular weight is 438 g/mol. The van der Waals surface area contributed by atoms with Crippen molar-refractivity contribution in [3.05, 3.63) is 69.7 Å². The Kier molecular flexibility index (Phi) is 6.87. The van der Waals surface area contributed by atoms with Gasteiger partial charge in [0.2, 0.25) is 5.91 Å². The molecule has 3 unspecified atom stereocenters. The van der Waals surface area contributed by atoms with Gasteiger partial charge in [-0.15, -0.1) is 0 Å². The molecule has 0 aromatic heterocycles. The van der Waals surface area contributed by atoms with E-state index in [2.05, 4.69) is 5.32 Å². The molecule has 29 heavy (non-hydrogen) atoms. The van der Waals surface area contributed by atoms with Crippen molar-refractivity contribution in [1.82, 2.24) is 5.32 Å². The lowest BCUT2D eigenvalue weighted by Crippen LogP contribution is -2.49. The van der Waals surface area contributed by atoms with Crippen LogP contribution < -0.4 is 5.32 Å². The molecule has 1 aliphatic rings. The Morgan fingerprint density at radius 2 is 1.79 bits per heavy atom. The first-order valence-corrected chi connectivity index (χ1v) is 10.2. The van der Waals surface area contributed by atoms with E-state index in [9.17, 15) is 9.90 Å². The number of hydrogen-bond donors (Lipinski definition) is 2. The van der Waals surface area contributed by atoms with E-state index in [1.807, 2.05) is 51.1 Å². The van der Waals surface area contributed by atoms with Gasteiger partial charge in [-0.1, -0.05) is 47.5 Å². The molecule has 1 aliphatic heterocycles. The average Bonchev–Trinajstić information content (AvgIpc) is 2.62. The Balaban J connectivity index is 1.87. The Morgan fingerprint density at radius 1 is 1.10 bits per heavy atom. The highest BCUT2D eigenvalue weighted by atomic mass is 35.5. The van der Waals surface area contributed by atoms with Gasteiger partial charge in [-0.2, -0.15) is 0 Å². The Labute approximate surface area is 180 Å². The highest BCUT2D eigenvalue weighted by Gasteiger charge is 2.39. The molecule has 5 nitrogen and oxygen atoms in total. The van der Waals surface area contributed by atoms with Crippen LogP contribution in [0.3, 0.4) is 0 Å². The first-order chi connectivity index (χ1) is 13.6. The second kappa shape index (κ2) is 9.02. The molecule has 0 bridgehead atoms. The summed E-state index contributed by atoms with van der Waals surface area (Å²) in [6.45, 7) is 5.51. The van der Waals surface area contributed by atoms with E-state index in [-0.39, 0.29) is 12.3 Å². The minimum atomic E-state index is -1.13. The fraction of sp³-hybridized carbons (Fsp3) is 0.409. The van der Waals surface area contributed by atoms with Gasteiger partial charge in [-0.3, -0.25) is 4.79 Å². The van der Waals surface area contributed by atoms with Crippen LogP contribution in [0.4, 0.5) is 0 Å². The number of morpholine rings is 1. The zero-order chi connectivity index (χ0) is 21.2. The molecule has 0 saturated carbocycles. The zero-order valence-electron chi connectivity index (χ0n) is 16.6. The molecule has 4 atom stereocenters. The smallest absolute Gasteiger partial charge is 0.249 e. The van der Waals surface area contributed by atoms with Crippen LogP contribution in [0.1, 0.15) is 50.5 Å². The van der Waals surface area contributed by atoms with Crippen LogP contribution in [0.15, 0.2) is 48.5 Å². The van der Waals surface area contributed by atoms with Crippen molar-refractivity contribution in [2.75, 3.05) is 0 Å². The number of carbonyl (C=O) groups is 1. The van der Waals surface area contributed by atoms with Crippen LogP contribution in [0.5, 0.6) is 0 Å². The van der Waals surface area contributed by atoms with Crippen LogP contribution >= 0.6 is 23.2 Å². The van der Waals surface area contributed by atoms with Crippen molar-refractivity contribution in [2.24, 2.45) is 0 Å². The molecule has 7 heteroatoms. The Morgan fingerprint density at radius 3 is 2.41 bits per heavy atom. The fourth-order valence-corrected chi connectivity index (χ4v) is 3.65. The van der Waals surface area contributed by atoms with Crippen molar-refractivity contribution in [3.63, 3.8) is 0 Å². The van der Waals surface area contributed by atoms with E-state index >= 15 is 0 Å². The number of benzene rings is 2. The monoisotopic (exact) mass is 437 g/mol. The molecule has 1 amide bonds.